The van der Waals surface area contributed by atoms with Crippen molar-refractivity contribution < 1.29 is 28.5 Å². The van der Waals surface area contributed by atoms with E-state index in [-0.39, 0.29) is 18.2 Å². The number of hydrogen-bond acceptors (Lipinski definition) is 9. The van der Waals surface area contributed by atoms with Crippen LogP contribution in [0.4, 0.5) is 4.79 Å². The number of rotatable bonds is 9. The molecule has 10 nitrogen and oxygen atoms in total. The minimum absolute atomic E-state index is 0.195. The van der Waals surface area contributed by atoms with Crippen LogP contribution >= 0.6 is 23.2 Å². The van der Waals surface area contributed by atoms with E-state index >= 15 is 0 Å². The van der Waals surface area contributed by atoms with Gasteiger partial charge in [0.25, 0.3) is 0 Å². The fourth-order valence-electron chi connectivity index (χ4n) is 8.27. The first kappa shape index (κ1) is 45.3. The summed E-state index contributed by atoms with van der Waals surface area (Å²) >= 11 is 12.0. The summed E-state index contributed by atoms with van der Waals surface area (Å²) in [4.78, 5) is 29.3. The molecule has 55 heavy (non-hydrogen) atoms. The van der Waals surface area contributed by atoms with Gasteiger partial charge in [0, 0.05) is 81.5 Å². The molecular formula is C43H66Cl2N4O6. The zero-order chi connectivity index (χ0) is 40.0. The lowest BCUT2D eigenvalue weighted by atomic mass is 9.99. The Hall–Kier alpha value is -2.44. The van der Waals surface area contributed by atoms with Gasteiger partial charge < -0.3 is 29.2 Å². The Bertz CT molecular complexity index is 1430. The fraction of sp³-hybridized carbons (Fsp3) is 0.674. The number of carbonyl (C=O) groups excluding carboxylic acids is 2. The molecule has 0 bridgehead atoms. The van der Waals surface area contributed by atoms with E-state index in [1.54, 1.807) is 14.0 Å². The molecule has 2 unspecified atom stereocenters. The van der Waals surface area contributed by atoms with Gasteiger partial charge in [-0.25, -0.2) is 4.79 Å². The van der Waals surface area contributed by atoms with Gasteiger partial charge in [0.1, 0.15) is 5.60 Å². The molecule has 1 N–H and O–H groups in total. The van der Waals surface area contributed by atoms with Crippen molar-refractivity contribution in [3.8, 4) is 0 Å². The van der Waals surface area contributed by atoms with Crippen LogP contribution in [0.15, 0.2) is 48.5 Å². The summed E-state index contributed by atoms with van der Waals surface area (Å²) < 4.78 is 21.3. The predicted octanol–water partition coefficient (Wildman–Crippen LogP) is 7.66. The molecule has 0 saturated carbocycles. The van der Waals surface area contributed by atoms with E-state index in [1.807, 2.05) is 57.0 Å². The van der Waals surface area contributed by atoms with Crippen molar-refractivity contribution >= 4 is 35.3 Å². The molecule has 4 saturated heterocycles. The number of nitrogens with one attached hydrogen (secondary N) is 1. The number of piperidine rings is 2. The zero-order valence-electron chi connectivity index (χ0n) is 34.2. The van der Waals surface area contributed by atoms with Crippen LogP contribution in [0, 0.1) is 0 Å². The number of hydrogen-bond donors (Lipinski definition) is 1. The second-order valence-corrected chi connectivity index (χ2v) is 17.0. The van der Waals surface area contributed by atoms with E-state index in [2.05, 4.69) is 44.1 Å². The number of benzene rings is 2. The molecule has 2 aromatic rings. The Morgan fingerprint density at radius 2 is 1.18 bits per heavy atom. The van der Waals surface area contributed by atoms with Crippen LogP contribution in [0.1, 0.15) is 84.3 Å². The van der Waals surface area contributed by atoms with Crippen LogP contribution in [-0.4, -0.2) is 129 Å². The number of esters is 1. The first-order chi connectivity index (χ1) is 26.3. The molecule has 4 atom stereocenters. The summed E-state index contributed by atoms with van der Waals surface area (Å²) in [6.07, 6.45) is 9.23. The third-order valence-electron chi connectivity index (χ3n) is 11.0. The summed E-state index contributed by atoms with van der Waals surface area (Å²) in [7, 11) is 3.65. The maximum Gasteiger partial charge on any atom is 0.410 e. The van der Waals surface area contributed by atoms with E-state index in [9.17, 15) is 9.59 Å². The van der Waals surface area contributed by atoms with Crippen LogP contribution in [0.3, 0.4) is 0 Å². The lowest BCUT2D eigenvalue weighted by Gasteiger charge is -2.39. The molecule has 0 aromatic heterocycles. The Morgan fingerprint density at radius 1 is 0.745 bits per heavy atom. The summed E-state index contributed by atoms with van der Waals surface area (Å²) in [5.74, 6) is -0.211. The predicted molar refractivity (Wildman–Crippen MR) is 221 cm³/mol. The zero-order valence-corrected chi connectivity index (χ0v) is 35.7. The summed E-state index contributed by atoms with van der Waals surface area (Å²) in [6.45, 7) is 15.2. The molecule has 1 amide bonds. The van der Waals surface area contributed by atoms with Crippen LogP contribution < -0.4 is 5.32 Å². The van der Waals surface area contributed by atoms with Gasteiger partial charge >= 0.3 is 12.1 Å². The second kappa shape index (κ2) is 22.5. The lowest BCUT2D eigenvalue weighted by Crippen LogP contribution is -2.49. The van der Waals surface area contributed by atoms with Gasteiger partial charge in [-0.2, -0.15) is 0 Å². The third-order valence-corrected chi connectivity index (χ3v) is 11.5. The number of methoxy groups -OCH3 is 2. The quantitative estimate of drug-likeness (QED) is 0.257. The van der Waals surface area contributed by atoms with Gasteiger partial charge in [-0.05, 0) is 128 Å². The number of carbonyl (C=O) groups is 2. The Kier molecular flexibility index (Phi) is 18.5. The Balaban J connectivity index is 0.000000219. The summed E-state index contributed by atoms with van der Waals surface area (Å²) in [5.41, 5.74) is 2.24. The molecule has 4 aliphatic rings. The minimum Gasteiger partial charge on any atom is -0.466 e. The standard InChI is InChI=1S/C22H33ClN2O3.C17H25ClN2O.C4H8O2/c1-22(2,3)28-21(26)24-11-9-18(10-12-24)25-15-20(27-4)14-19(25)13-16-5-7-17(23)8-6-16;1-21-17-11-16(10-13-2-4-14(18)5-3-13)20(12-17)15-6-8-19-9-7-15;1-3-6-4(2)5/h5-8,18-20H,9-15H2,1-4H3;2-5,15-17,19H,6-12H2,1H3;3H2,1-2H3/t19?,20-;16?,17-;/m00./s1. The molecule has 6 rings (SSSR count). The maximum atomic E-state index is 12.3. The summed E-state index contributed by atoms with van der Waals surface area (Å²) in [6, 6.07) is 18.7. The third kappa shape index (κ3) is 15.1. The van der Waals surface area contributed by atoms with Crippen molar-refractivity contribution in [3.63, 3.8) is 0 Å². The van der Waals surface area contributed by atoms with Gasteiger partial charge in [0.05, 0.1) is 18.8 Å². The highest BCUT2D eigenvalue weighted by molar-refractivity contribution is 6.30. The average molecular weight is 806 g/mol. The molecular weight excluding hydrogens is 739 g/mol. The lowest BCUT2D eigenvalue weighted by molar-refractivity contribution is -0.140. The molecule has 308 valence electrons. The average Bonchev–Trinajstić information content (AvgIpc) is 3.77. The first-order valence-corrected chi connectivity index (χ1v) is 20.9. The monoisotopic (exact) mass is 804 g/mol. The molecule has 0 radical (unpaired) electrons. The van der Waals surface area contributed by atoms with E-state index in [1.165, 1.54) is 30.9 Å². The van der Waals surface area contributed by atoms with Crippen molar-refractivity contribution in [1.82, 2.24) is 20.0 Å². The number of halogens is 2. The van der Waals surface area contributed by atoms with Crippen LogP contribution in [0.5, 0.6) is 0 Å². The molecule has 4 aliphatic heterocycles. The highest BCUT2D eigenvalue weighted by Crippen LogP contribution is 2.31. The minimum atomic E-state index is -0.446. The molecule has 2 aromatic carbocycles. The highest BCUT2D eigenvalue weighted by atomic mass is 35.5. The number of ether oxygens (including phenoxy) is 4. The van der Waals surface area contributed by atoms with E-state index in [0.717, 1.165) is 87.8 Å². The molecule has 12 heteroatoms. The smallest absolute Gasteiger partial charge is 0.410 e. The Labute approximate surface area is 340 Å². The van der Waals surface area contributed by atoms with Crippen molar-refractivity contribution in [2.45, 2.75) is 128 Å². The highest BCUT2D eigenvalue weighted by Gasteiger charge is 2.39. The van der Waals surface area contributed by atoms with Crippen molar-refractivity contribution in [2.24, 2.45) is 0 Å². The van der Waals surface area contributed by atoms with E-state index < -0.39 is 5.60 Å². The van der Waals surface area contributed by atoms with Gasteiger partial charge in [-0.3, -0.25) is 14.6 Å². The topological polar surface area (TPSA) is 92.8 Å². The Morgan fingerprint density at radius 3 is 1.55 bits per heavy atom. The fourth-order valence-corrected chi connectivity index (χ4v) is 8.52. The molecule has 0 spiro atoms. The largest absolute Gasteiger partial charge is 0.466 e. The van der Waals surface area contributed by atoms with Crippen molar-refractivity contribution in [2.75, 3.05) is 60.1 Å². The normalized spacial score (nSPS) is 24.1. The van der Waals surface area contributed by atoms with Gasteiger partial charge in [-0.1, -0.05) is 47.5 Å². The van der Waals surface area contributed by atoms with Gasteiger partial charge in [-0.15, -0.1) is 0 Å². The van der Waals surface area contributed by atoms with E-state index in [4.69, 9.17) is 37.4 Å². The van der Waals surface area contributed by atoms with E-state index in [0.29, 0.717) is 36.9 Å². The molecule has 4 heterocycles. The number of likely N-dealkylation sites (tertiary alicyclic amines) is 3. The molecule has 0 aliphatic carbocycles. The summed E-state index contributed by atoms with van der Waals surface area (Å²) in [5, 5.41) is 5.05. The maximum absolute atomic E-state index is 12.3. The molecule has 4 fully saturated rings. The number of nitrogens with zero attached hydrogens (tertiary/aromatic N) is 3. The van der Waals surface area contributed by atoms with Crippen LogP contribution in [0.25, 0.3) is 0 Å². The SMILES string of the molecule is CCOC(C)=O.CO[C@H]1CC(Cc2ccc(Cl)cc2)N(C2CCN(C(=O)OC(C)(C)C)CC2)C1.CO[C@H]1CC(Cc2ccc(Cl)cc2)N(C2CCNCC2)C1. The second-order valence-electron chi connectivity index (χ2n) is 16.2. The van der Waals surface area contributed by atoms with Gasteiger partial charge in [0.15, 0.2) is 0 Å². The van der Waals surface area contributed by atoms with Gasteiger partial charge in [0.2, 0.25) is 0 Å². The van der Waals surface area contributed by atoms with Crippen LogP contribution in [0.2, 0.25) is 10.0 Å². The number of amides is 1. The van der Waals surface area contributed by atoms with Crippen molar-refractivity contribution in [1.29, 1.82) is 0 Å². The van der Waals surface area contributed by atoms with Crippen LogP contribution in [-0.2, 0) is 36.6 Å². The first-order valence-electron chi connectivity index (χ1n) is 20.2. The van der Waals surface area contributed by atoms with Crippen molar-refractivity contribution in [3.05, 3.63) is 69.7 Å².